The number of nitrogens with one attached hydrogen (secondary N) is 1. The van der Waals surface area contributed by atoms with Crippen molar-refractivity contribution >= 4 is 21.6 Å². The van der Waals surface area contributed by atoms with Crippen LogP contribution >= 0.6 is 11.8 Å². The highest BCUT2D eigenvalue weighted by molar-refractivity contribution is 7.99. The molecule has 5 heteroatoms. The molecule has 0 aliphatic rings. The normalized spacial score (nSPS) is 13.3. The van der Waals surface area contributed by atoms with Gasteiger partial charge in [-0.3, -0.25) is 0 Å². The van der Waals surface area contributed by atoms with E-state index in [0.29, 0.717) is 6.04 Å². The first-order valence-electron chi connectivity index (χ1n) is 7.01. The second kappa shape index (κ2) is 8.70. The maximum Gasteiger partial charge on any atom is 0.147 e. The Labute approximate surface area is 127 Å². The Morgan fingerprint density at radius 3 is 2.70 bits per heavy atom. The largest absolute Gasteiger partial charge is 0.313 e. The number of sulfone groups is 1. The van der Waals surface area contributed by atoms with Gasteiger partial charge in [0.15, 0.2) is 0 Å². The van der Waals surface area contributed by atoms with E-state index in [0.717, 1.165) is 25.1 Å². The molecule has 3 nitrogen and oxygen atoms in total. The van der Waals surface area contributed by atoms with Crippen LogP contribution in [0.1, 0.15) is 25.3 Å². The Bertz CT molecular complexity index is 500. The Hall–Kier alpha value is -0.520. The SMILES string of the molecule is CCNC(CCCS(C)(=O)=O)CSc1cccc(C)c1. The highest BCUT2D eigenvalue weighted by Gasteiger charge is 2.10. The number of hydrogen-bond acceptors (Lipinski definition) is 4. The summed E-state index contributed by atoms with van der Waals surface area (Å²) in [5, 5.41) is 3.44. The van der Waals surface area contributed by atoms with Crippen LogP contribution in [0.5, 0.6) is 0 Å². The van der Waals surface area contributed by atoms with Crippen LogP contribution in [0.2, 0.25) is 0 Å². The monoisotopic (exact) mass is 315 g/mol. The number of hydrogen-bond donors (Lipinski definition) is 1. The smallest absolute Gasteiger partial charge is 0.147 e. The lowest BCUT2D eigenvalue weighted by atomic mass is 10.2. The molecule has 1 N–H and O–H groups in total. The first-order chi connectivity index (χ1) is 9.40. The molecular weight excluding hydrogens is 290 g/mol. The van der Waals surface area contributed by atoms with Crippen molar-refractivity contribution in [3.05, 3.63) is 29.8 Å². The van der Waals surface area contributed by atoms with E-state index in [1.165, 1.54) is 16.7 Å². The lowest BCUT2D eigenvalue weighted by Gasteiger charge is -2.17. The van der Waals surface area contributed by atoms with Gasteiger partial charge in [0.2, 0.25) is 0 Å². The highest BCUT2D eigenvalue weighted by Crippen LogP contribution is 2.21. The minimum Gasteiger partial charge on any atom is -0.313 e. The van der Waals surface area contributed by atoms with E-state index in [9.17, 15) is 8.42 Å². The minimum atomic E-state index is -2.84. The van der Waals surface area contributed by atoms with Crippen LogP contribution in [-0.4, -0.2) is 38.8 Å². The molecule has 0 spiro atoms. The standard InChI is InChI=1S/C15H25NO2S2/c1-4-16-14(8-6-10-20(3,17)18)12-19-15-9-5-7-13(2)11-15/h5,7,9,11,14,16H,4,6,8,10,12H2,1-3H3. The first kappa shape index (κ1) is 17.5. The molecule has 0 aliphatic heterocycles. The summed E-state index contributed by atoms with van der Waals surface area (Å²) >= 11 is 1.83. The molecular formula is C15H25NO2S2. The average molecular weight is 316 g/mol. The van der Waals surface area contributed by atoms with Crippen molar-refractivity contribution in [3.8, 4) is 0 Å². The molecule has 0 heterocycles. The Morgan fingerprint density at radius 1 is 1.35 bits per heavy atom. The van der Waals surface area contributed by atoms with Crippen LogP contribution in [-0.2, 0) is 9.84 Å². The molecule has 1 unspecified atom stereocenters. The van der Waals surface area contributed by atoms with E-state index in [1.807, 2.05) is 11.8 Å². The van der Waals surface area contributed by atoms with Gasteiger partial charge in [-0.25, -0.2) is 8.42 Å². The molecule has 0 fully saturated rings. The molecule has 114 valence electrons. The first-order valence-corrected chi connectivity index (χ1v) is 10.1. The zero-order valence-corrected chi connectivity index (χ0v) is 14.2. The maximum atomic E-state index is 11.2. The predicted octanol–water partition coefficient (Wildman–Crippen LogP) is 2.89. The third-order valence-electron chi connectivity index (χ3n) is 3.00. The van der Waals surface area contributed by atoms with Gasteiger partial charge in [0.25, 0.3) is 0 Å². The Balaban J connectivity index is 2.42. The highest BCUT2D eigenvalue weighted by atomic mass is 32.2. The van der Waals surface area contributed by atoms with Crippen LogP contribution in [0.25, 0.3) is 0 Å². The molecule has 0 saturated heterocycles. The zero-order chi connectivity index (χ0) is 15.0. The van der Waals surface area contributed by atoms with E-state index in [1.54, 1.807) is 0 Å². The van der Waals surface area contributed by atoms with Gasteiger partial charge in [-0.2, -0.15) is 0 Å². The molecule has 0 amide bonds. The maximum absolute atomic E-state index is 11.2. The van der Waals surface area contributed by atoms with E-state index in [4.69, 9.17) is 0 Å². The lowest BCUT2D eigenvalue weighted by molar-refractivity contribution is 0.527. The zero-order valence-electron chi connectivity index (χ0n) is 12.6. The third-order valence-corrected chi connectivity index (χ3v) is 5.19. The molecule has 1 rings (SSSR count). The number of thioether (sulfide) groups is 1. The summed E-state index contributed by atoms with van der Waals surface area (Å²) < 4.78 is 22.3. The van der Waals surface area contributed by atoms with Crippen LogP contribution in [0.3, 0.4) is 0 Å². The van der Waals surface area contributed by atoms with Crippen LogP contribution in [0.4, 0.5) is 0 Å². The number of aryl methyl sites for hydroxylation is 1. The van der Waals surface area contributed by atoms with Gasteiger partial charge in [-0.05, 0) is 38.4 Å². The summed E-state index contributed by atoms with van der Waals surface area (Å²) in [6.07, 6.45) is 2.93. The van der Waals surface area contributed by atoms with Crippen molar-refractivity contribution < 1.29 is 8.42 Å². The van der Waals surface area contributed by atoms with E-state index in [2.05, 4.69) is 43.4 Å². The van der Waals surface area contributed by atoms with Crippen molar-refractivity contribution in [1.29, 1.82) is 0 Å². The van der Waals surface area contributed by atoms with Crippen molar-refractivity contribution in [3.63, 3.8) is 0 Å². The summed E-state index contributed by atoms with van der Waals surface area (Å²) in [6.45, 7) is 5.09. The van der Waals surface area contributed by atoms with E-state index >= 15 is 0 Å². The van der Waals surface area contributed by atoms with Crippen LogP contribution in [0.15, 0.2) is 29.2 Å². The fourth-order valence-electron chi connectivity index (χ4n) is 2.03. The van der Waals surface area contributed by atoms with Crippen molar-refractivity contribution in [2.45, 2.75) is 37.6 Å². The molecule has 0 saturated carbocycles. The second-order valence-corrected chi connectivity index (χ2v) is 8.51. The van der Waals surface area contributed by atoms with Gasteiger partial charge in [0.05, 0.1) is 0 Å². The van der Waals surface area contributed by atoms with Crippen LogP contribution in [0, 0.1) is 6.92 Å². The predicted molar refractivity (Wildman–Crippen MR) is 88.3 cm³/mol. The quantitative estimate of drug-likeness (QED) is 0.712. The minimum absolute atomic E-state index is 0.282. The van der Waals surface area contributed by atoms with E-state index in [-0.39, 0.29) is 5.75 Å². The lowest BCUT2D eigenvalue weighted by Crippen LogP contribution is -2.31. The van der Waals surface area contributed by atoms with Crippen LogP contribution < -0.4 is 5.32 Å². The van der Waals surface area contributed by atoms with Gasteiger partial charge in [-0.15, -0.1) is 11.8 Å². The molecule has 0 aliphatic carbocycles. The molecule has 0 bridgehead atoms. The molecule has 1 atom stereocenters. The van der Waals surface area contributed by atoms with Gasteiger partial charge in [-0.1, -0.05) is 24.6 Å². The fraction of sp³-hybridized carbons (Fsp3) is 0.600. The summed E-state index contributed by atoms with van der Waals surface area (Å²) in [7, 11) is -2.84. The van der Waals surface area contributed by atoms with Crippen molar-refractivity contribution in [1.82, 2.24) is 5.32 Å². The average Bonchev–Trinajstić information content (AvgIpc) is 2.34. The van der Waals surface area contributed by atoms with Gasteiger partial charge >= 0.3 is 0 Å². The van der Waals surface area contributed by atoms with Gasteiger partial charge in [0.1, 0.15) is 9.84 Å². The summed E-state index contributed by atoms with van der Waals surface area (Å²) in [4.78, 5) is 1.27. The van der Waals surface area contributed by atoms with Crippen molar-refractivity contribution in [2.24, 2.45) is 0 Å². The number of benzene rings is 1. The topological polar surface area (TPSA) is 46.2 Å². The third kappa shape index (κ3) is 7.92. The molecule has 1 aromatic carbocycles. The number of rotatable bonds is 9. The summed E-state index contributed by atoms with van der Waals surface area (Å²) in [6, 6.07) is 8.84. The molecule has 0 radical (unpaired) electrons. The second-order valence-electron chi connectivity index (χ2n) is 5.15. The molecule has 1 aromatic rings. The Morgan fingerprint density at radius 2 is 2.10 bits per heavy atom. The van der Waals surface area contributed by atoms with E-state index < -0.39 is 9.84 Å². The molecule has 0 aromatic heterocycles. The Kier molecular flexibility index (Phi) is 7.62. The summed E-state index contributed by atoms with van der Waals surface area (Å²) in [5.74, 6) is 1.26. The molecule has 20 heavy (non-hydrogen) atoms. The van der Waals surface area contributed by atoms with Gasteiger partial charge in [0, 0.05) is 28.7 Å². The fourth-order valence-corrected chi connectivity index (χ4v) is 3.84. The summed E-state index contributed by atoms with van der Waals surface area (Å²) in [5.41, 5.74) is 1.27. The van der Waals surface area contributed by atoms with Crippen molar-refractivity contribution in [2.75, 3.05) is 24.3 Å². The van der Waals surface area contributed by atoms with Gasteiger partial charge < -0.3 is 5.32 Å².